The molecule has 0 aliphatic rings. The quantitative estimate of drug-likeness (QED) is 0.160. The van der Waals surface area contributed by atoms with E-state index in [9.17, 15) is 29.1 Å². The van der Waals surface area contributed by atoms with Gasteiger partial charge in [0.15, 0.2) is 0 Å². The van der Waals surface area contributed by atoms with E-state index >= 15 is 0 Å². The summed E-state index contributed by atoms with van der Waals surface area (Å²) in [6, 6.07) is 1.34. The van der Waals surface area contributed by atoms with E-state index in [1.165, 1.54) is 24.3 Å². The van der Waals surface area contributed by atoms with Crippen LogP contribution >= 0.6 is 0 Å². The van der Waals surface area contributed by atoms with E-state index in [-0.39, 0.29) is 12.2 Å². The molecule has 13 heteroatoms. The molecule has 0 radical (unpaired) electrons. The number of phenolic OH excluding ortho intramolecular Hbond substituents is 1. The van der Waals surface area contributed by atoms with Gasteiger partial charge in [-0.15, -0.1) is 0 Å². The van der Waals surface area contributed by atoms with E-state index < -0.39 is 67.3 Å². The van der Waals surface area contributed by atoms with Crippen molar-refractivity contribution in [3.8, 4) is 5.75 Å². The van der Waals surface area contributed by atoms with Crippen molar-refractivity contribution < 1.29 is 39.3 Å². The van der Waals surface area contributed by atoms with E-state index in [1.54, 1.807) is 0 Å². The highest BCUT2D eigenvalue weighted by Gasteiger charge is 2.30. The first-order valence-electron chi connectivity index (χ1n) is 9.07. The van der Waals surface area contributed by atoms with Crippen molar-refractivity contribution in [2.45, 2.75) is 31.0 Å². The zero-order valence-electron chi connectivity index (χ0n) is 16.4. The molecule has 1 rings (SSSR count). The van der Waals surface area contributed by atoms with Crippen LogP contribution in [0, 0.1) is 0 Å². The molecule has 3 unspecified atom stereocenters. The summed E-state index contributed by atoms with van der Waals surface area (Å²) in [5.74, 6) is -5.10. The minimum atomic E-state index is -1.66. The second-order valence-corrected chi connectivity index (χ2v) is 6.51. The van der Waals surface area contributed by atoms with E-state index in [2.05, 4.69) is 10.6 Å². The Hall–Kier alpha value is -3.71. The molecule has 10 N–H and O–H groups in total. The van der Waals surface area contributed by atoms with Crippen molar-refractivity contribution in [3.63, 3.8) is 0 Å². The number of hydrogen-bond acceptors (Lipinski definition) is 8. The summed E-state index contributed by atoms with van der Waals surface area (Å²) in [5.41, 5.74) is 10.9. The predicted octanol–water partition coefficient (Wildman–Crippen LogP) is -3.70. The van der Waals surface area contributed by atoms with Gasteiger partial charge in [0.25, 0.3) is 0 Å². The van der Waals surface area contributed by atoms with E-state index in [0.29, 0.717) is 5.56 Å². The summed E-state index contributed by atoms with van der Waals surface area (Å²) < 4.78 is 0. The number of nitrogens with one attached hydrogen (secondary N) is 3. The zero-order valence-corrected chi connectivity index (χ0v) is 16.4. The Bertz CT molecular complexity index is 814. The van der Waals surface area contributed by atoms with Gasteiger partial charge >= 0.3 is 5.97 Å². The average Bonchev–Trinajstić information content (AvgIpc) is 2.71. The lowest BCUT2D eigenvalue weighted by molar-refractivity contribution is -0.143. The SMILES string of the molecule is NCC(=O)NC(Cc1ccc(O)cc1)C(=O)NC(CC(N)=O)C(=O)NC(CO)C(=O)O. The summed E-state index contributed by atoms with van der Waals surface area (Å²) in [4.78, 5) is 59.1. The molecule has 1 aromatic carbocycles. The van der Waals surface area contributed by atoms with Crippen molar-refractivity contribution in [3.05, 3.63) is 29.8 Å². The molecule has 13 nitrogen and oxygen atoms in total. The van der Waals surface area contributed by atoms with Crippen LogP contribution in [0.5, 0.6) is 5.75 Å². The number of carboxylic acid groups (broad SMARTS) is 1. The maximum atomic E-state index is 12.7. The molecule has 0 fully saturated rings. The smallest absolute Gasteiger partial charge is 0.328 e. The number of nitrogens with two attached hydrogens (primary N) is 2. The minimum absolute atomic E-state index is 0.00851. The number of benzene rings is 1. The first kappa shape index (κ1) is 25.3. The standard InChI is InChI=1S/C18H25N5O8/c19-7-15(27)21-11(5-9-1-3-10(25)4-2-9)16(28)22-12(6-14(20)26)17(29)23-13(8-24)18(30)31/h1-4,11-13,24-25H,5-8,19H2,(H2,20,26)(H,21,27)(H,22,28)(H,23,29)(H,30,31). The van der Waals surface area contributed by atoms with Gasteiger partial charge in [0.05, 0.1) is 19.6 Å². The number of aliphatic carboxylic acids is 1. The lowest BCUT2D eigenvalue weighted by Gasteiger charge is -2.23. The summed E-state index contributed by atoms with van der Waals surface area (Å²) >= 11 is 0. The third-order valence-electron chi connectivity index (χ3n) is 4.05. The van der Waals surface area contributed by atoms with Crippen LogP contribution in [0.25, 0.3) is 0 Å². The molecule has 0 aliphatic carbocycles. The van der Waals surface area contributed by atoms with Crippen LogP contribution in [-0.2, 0) is 30.4 Å². The van der Waals surface area contributed by atoms with Crippen LogP contribution in [0.1, 0.15) is 12.0 Å². The van der Waals surface area contributed by atoms with Gasteiger partial charge in [0, 0.05) is 6.42 Å². The third kappa shape index (κ3) is 8.67. The molecule has 31 heavy (non-hydrogen) atoms. The van der Waals surface area contributed by atoms with Crippen LogP contribution in [0.3, 0.4) is 0 Å². The highest BCUT2D eigenvalue weighted by atomic mass is 16.4. The molecular formula is C18H25N5O8. The normalized spacial score (nSPS) is 13.4. The Labute approximate surface area is 176 Å². The molecule has 0 aromatic heterocycles. The lowest BCUT2D eigenvalue weighted by atomic mass is 10.0. The molecule has 1 aromatic rings. The van der Waals surface area contributed by atoms with Gasteiger partial charge in [0.2, 0.25) is 23.6 Å². The van der Waals surface area contributed by atoms with Gasteiger partial charge in [-0.3, -0.25) is 19.2 Å². The number of primary amides is 1. The van der Waals surface area contributed by atoms with Crippen molar-refractivity contribution in [1.29, 1.82) is 0 Å². The van der Waals surface area contributed by atoms with Gasteiger partial charge in [0.1, 0.15) is 23.9 Å². The van der Waals surface area contributed by atoms with Crippen molar-refractivity contribution in [2.75, 3.05) is 13.2 Å². The molecular weight excluding hydrogens is 414 g/mol. The fraction of sp³-hybridized carbons (Fsp3) is 0.389. The molecule has 4 amide bonds. The van der Waals surface area contributed by atoms with Crippen LogP contribution < -0.4 is 27.4 Å². The molecule has 0 bridgehead atoms. The van der Waals surface area contributed by atoms with E-state index in [1.807, 2.05) is 5.32 Å². The second-order valence-electron chi connectivity index (χ2n) is 6.51. The number of carbonyl (C=O) groups is 5. The van der Waals surface area contributed by atoms with Crippen molar-refractivity contribution in [1.82, 2.24) is 16.0 Å². The number of aliphatic hydroxyl groups excluding tert-OH is 1. The first-order chi connectivity index (χ1) is 14.6. The van der Waals surface area contributed by atoms with Gasteiger partial charge in [-0.2, -0.15) is 0 Å². The monoisotopic (exact) mass is 439 g/mol. The van der Waals surface area contributed by atoms with Crippen molar-refractivity contribution >= 4 is 29.6 Å². The number of hydrogen-bond donors (Lipinski definition) is 8. The average molecular weight is 439 g/mol. The number of aromatic hydroxyl groups is 1. The highest BCUT2D eigenvalue weighted by Crippen LogP contribution is 2.11. The summed E-state index contributed by atoms with van der Waals surface area (Å²) in [6.07, 6.45) is -0.705. The van der Waals surface area contributed by atoms with Crippen LogP contribution in [0.15, 0.2) is 24.3 Å². The fourth-order valence-corrected chi connectivity index (χ4v) is 2.47. The van der Waals surface area contributed by atoms with Crippen molar-refractivity contribution in [2.24, 2.45) is 11.5 Å². The largest absolute Gasteiger partial charge is 0.508 e. The number of rotatable bonds is 12. The van der Waals surface area contributed by atoms with Gasteiger partial charge in [-0.25, -0.2) is 4.79 Å². The number of carbonyl (C=O) groups excluding carboxylic acids is 4. The molecule has 170 valence electrons. The van der Waals surface area contributed by atoms with Crippen LogP contribution in [0.2, 0.25) is 0 Å². The van der Waals surface area contributed by atoms with E-state index in [0.717, 1.165) is 0 Å². The van der Waals surface area contributed by atoms with E-state index in [4.69, 9.17) is 21.7 Å². The molecule has 0 saturated carbocycles. The number of phenols is 1. The van der Waals surface area contributed by atoms with Gasteiger partial charge in [-0.05, 0) is 17.7 Å². The molecule has 0 heterocycles. The maximum absolute atomic E-state index is 12.7. The summed E-state index contributed by atoms with van der Waals surface area (Å²) in [5, 5.41) is 33.9. The molecule has 0 saturated heterocycles. The topological polar surface area (TPSA) is 234 Å². The third-order valence-corrected chi connectivity index (χ3v) is 4.05. The number of carboxylic acids is 1. The highest BCUT2D eigenvalue weighted by molar-refractivity contribution is 5.95. The first-order valence-corrected chi connectivity index (χ1v) is 9.07. The Balaban J connectivity index is 3.02. The number of amides is 4. The summed E-state index contributed by atoms with van der Waals surface area (Å²) in [7, 11) is 0. The Kier molecular flexibility index (Phi) is 9.88. The number of aliphatic hydroxyl groups is 1. The zero-order chi connectivity index (χ0) is 23.6. The Morgan fingerprint density at radius 1 is 0.903 bits per heavy atom. The van der Waals surface area contributed by atoms with Gasteiger partial charge in [-0.1, -0.05) is 12.1 Å². The van der Waals surface area contributed by atoms with Gasteiger partial charge < -0.3 is 42.7 Å². The van der Waals surface area contributed by atoms with Crippen LogP contribution in [0.4, 0.5) is 0 Å². The Morgan fingerprint density at radius 3 is 1.94 bits per heavy atom. The minimum Gasteiger partial charge on any atom is -0.508 e. The second kappa shape index (κ2) is 12.1. The van der Waals surface area contributed by atoms with Crippen LogP contribution in [-0.4, -0.2) is 76.2 Å². The maximum Gasteiger partial charge on any atom is 0.328 e. The molecule has 0 aliphatic heterocycles. The fourth-order valence-electron chi connectivity index (χ4n) is 2.47. The molecule has 0 spiro atoms. The lowest BCUT2D eigenvalue weighted by Crippen LogP contribution is -2.57. The molecule has 3 atom stereocenters. The Morgan fingerprint density at radius 2 is 1.45 bits per heavy atom. The summed E-state index contributed by atoms with van der Waals surface area (Å²) in [6.45, 7) is -1.34. The predicted molar refractivity (Wildman–Crippen MR) is 105 cm³/mol.